The molecule has 0 saturated carbocycles. The molecule has 2 N–H and O–H groups in total. The van der Waals surface area contributed by atoms with Gasteiger partial charge in [-0.25, -0.2) is 4.79 Å². The molecule has 6 heteroatoms. The number of nitrogens with one attached hydrogen (secondary N) is 2. The van der Waals surface area contributed by atoms with Crippen molar-refractivity contribution in [3.05, 3.63) is 24.0 Å². The number of ether oxygens (including phenoxy) is 2. The summed E-state index contributed by atoms with van der Waals surface area (Å²) in [4.78, 5) is 15.3. The lowest BCUT2D eigenvalue weighted by Gasteiger charge is -2.03. The highest BCUT2D eigenvalue weighted by atomic mass is 16.5. The third-order valence-electron chi connectivity index (χ3n) is 2.25. The predicted molar refractivity (Wildman–Crippen MR) is 75.5 cm³/mol. The van der Waals surface area contributed by atoms with Gasteiger partial charge in [-0.05, 0) is 19.1 Å². The van der Waals surface area contributed by atoms with Gasteiger partial charge in [0.25, 0.3) is 0 Å². The van der Waals surface area contributed by atoms with Gasteiger partial charge in [-0.3, -0.25) is 4.98 Å². The molecule has 1 heterocycles. The Balaban J connectivity index is 2.11. The molecule has 0 saturated heterocycles. The molecule has 0 aliphatic carbocycles. The molecule has 1 rings (SSSR count). The van der Waals surface area contributed by atoms with Gasteiger partial charge in [0.15, 0.2) is 0 Å². The van der Waals surface area contributed by atoms with Crippen molar-refractivity contribution < 1.29 is 14.3 Å². The van der Waals surface area contributed by atoms with Crippen molar-refractivity contribution in [1.29, 1.82) is 0 Å². The molecule has 0 bridgehead atoms. The van der Waals surface area contributed by atoms with Gasteiger partial charge < -0.3 is 20.1 Å². The van der Waals surface area contributed by atoms with E-state index < -0.39 is 0 Å². The highest BCUT2D eigenvalue weighted by Gasteiger charge is 1.95. The number of hydrogen-bond acceptors (Lipinski definition) is 4. The molecule has 0 spiro atoms. The van der Waals surface area contributed by atoms with Crippen LogP contribution >= 0.6 is 0 Å². The Morgan fingerprint density at radius 1 is 1.35 bits per heavy atom. The third kappa shape index (κ3) is 7.24. The van der Waals surface area contributed by atoms with Crippen molar-refractivity contribution in [1.82, 2.24) is 15.6 Å². The second kappa shape index (κ2) is 9.64. The zero-order valence-electron chi connectivity index (χ0n) is 11.7. The van der Waals surface area contributed by atoms with E-state index in [0.29, 0.717) is 18.9 Å². The van der Waals surface area contributed by atoms with Gasteiger partial charge in [-0.2, -0.15) is 0 Å². The highest BCUT2D eigenvalue weighted by Crippen LogP contribution is 2.07. The fourth-order valence-electron chi connectivity index (χ4n) is 1.23. The van der Waals surface area contributed by atoms with Crippen molar-refractivity contribution >= 4 is 6.03 Å². The number of nitrogens with zero attached hydrogens (tertiary/aromatic N) is 1. The molecule has 0 unspecified atom stereocenters. The average molecular weight is 277 g/mol. The Labute approximate surface area is 118 Å². The first-order valence-electron chi connectivity index (χ1n) is 6.24. The second-order valence-corrected chi connectivity index (χ2v) is 3.88. The summed E-state index contributed by atoms with van der Waals surface area (Å²) in [6.07, 6.45) is 1.65. The average Bonchev–Trinajstić information content (AvgIpc) is 2.45. The second-order valence-electron chi connectivity index (χ2n) is 3.88. The van der Waals surface area contributed by atoms with E-state index in [9.17, 15) is 4.79 Å². The summed E-state index contributed by atoms with van der Waals surface area (Å²) in [7, 11) is 1.58. The predicted octanol–water partition coefficient (Wildman–Crippen LogP) is 0.718. The molecule has 0 aliphatic rings. The summed E-state index contributed by atoms with van der Waals surface area (Å²) in [6, 6.07) is 3.44. The Kier molecular flexibility index (Phi) is 7.62. The summed E-state index contributed by atoms with van der Waals surface area (Å²) < 4.78 is 10.2. The maximum absolute atomic E-state index is 11.2. The number of aromatic nitrogens is 1. The van der Waals surface area contributed by atoms with Crippen LogP contribution in [-0.2, 0) is 4.74 Å². The van der Waals surface area contributed by atoms with E-state index in [-0.39, 0.29) is 19.2 Å². The SMILES string of the molecule is COCCNC(=O)NCC#CCOc1ccc(C)nc1. The highest BCUT2D eigenvalue weighted by molar-refractivity contribution is 5.74. The molecule has 108 valence electrons. The summed E-state index contributed by atoms with van der Waals surface area (Å²) >= 11 is 0. The van der Waals surface area contributed by atoms with Crippen molar-refractivity contribution in [2.45, 2.75) is 6.92 Å². The topological polar surface area (TPSA) is 72.5 Å². The van der Waals surface area contributed by atoms with Crippen LogP contribution in [0.4, 0.5) is 4.79 Å². The number of rotatable bonds is 6. The fraction of sp³-hybridized carbons (Fsp3) is 0.429. The maximum Gasteiger partial charge on any atom is 0.315 e. The van der Waals surface area contributed by atoms with E-state index >= 15 is 0 Å². The Hall–Kier alpha value is -2.26. The van der Waals surface area contributed by atoms with E-state index in [2.05, 4.69) is 27.5 Å². The third-order valence-corrected chi connectivity index (χ3v) is 2.25. The largest absolute Gasteiger partial charge is 0.479 e. The summed E-state index contributed by atoms with van der Waals surface area (Å²) in [5.41, 5.74) is 0.937. The number of hydrogen-bond donors (Lipinski definition) is 2. The molecule has 0 fully saturated rings. The molecule has 6 nitrogen and oxygen atoms in total. The molecule has 1 aromatic heterocycles. The van der Waals surface area contributed by atoms with Gasteiger partial charge in [0.2, 0.25) is 0 Å². The van der Waals surface area contributed by atoms with Gasteiger partial charge in [0.1, 0.15) is 12.4 Å². The molecule has 2 amide bonds. The van der Waals surface area contributed by atoms with Crippen molar-refractivity contribution in [2.75, 3.05) is 33.4 Å². The van der Waals surface area contributed by atoms with E-state index in [4.69, 9.17) is 9.47 Å². The van der Waals surface area contributed by atoms with E-state index in [1.54, 1.807) is 13.3 Å². The lowest BCUT2D eigenvalue weighted by atomic mass is 10.4. The van der Waals surface area contributed by atoms with Crippen LogP contribution in [0.3, 0.4) is 0 Å². The number of urea groups is 1. The lowest BCUT2D eigenvalue weighted by Crippen LogP contribution is -2.37. The van der Waals surface area contributed by atoms with Crippen LogP contribution in [0.15, 0.2) is 18.3 Å². The molecule has 0 radical (unpaired) electrons. The normalized spacial score (nSPS) is 9.30. The van der Waals surface area contributed by atoms with Gasteiger partial charge in [-0.15, -0.1) is 0 Å². The van der Waals surface area contributed by atoms with Crippen LogP contribution in [0.1, 0.15) is 5.69 Å². The summed E-state index contributed by atoms with van der Waals surface area (Å²) in [5.74, 6) is 6.27. The number of methoxy groups -OCH3 is 1. The molecular weight excluding hydrogens is 258 g/mol. The summed E-state index contributed by atoms with van der Waals surface area (Å²) in [5, 5.41) is 5.22. The van der Waals surface area contributed by atoms with E-state index in [1.807, 2.05) is 19.1 Å². The lowest BCUT2D eigenvalue weighted by molar-refractivity contribution is 0.196. The number of amides is 2. The first-order chi connectivity index (χ1) is 9.72. The van der Waals surface area contributed by atoms with Gasteiger partial charge in [0.05, 0.1) is 19.3 Å². The van der Waals surface area contributed by atoms with Crippen LogP contribution < -0.4 is 15.4 Å². The zero-order chi connectivity index (χ0) is 14.6. The monoisotopic (exact) mass is 277 g/mol. The van der Waals surface area contributed by atoms with Crippen LogP contribution in [0.5, 0.6) is 5.75 Å². The Morgan fingerprint density at radius 2 is 2.20 bits per heavy atom. The first kappa shape index (κ1) is 15.8. The van der Waals surface area contributed by atoms with Crippen molar-refractivity contribution in [3.8, 4) is 17.6 Å². The van der Waals surface area contributed by atoms with Gasteiger partial charge in [-0.1, -0.05) is 11.8 Å². The quantitative estimate of drug-likeness (QED) is 0.593. The molecule has 0 aromatic carbocycles. The van der Waals surface area contributed by atoms with Crippen LogP contribution in [-0.4, -0.2) is 44.4 Å². The van der Waals surface area contributed by atoms with Gasteiger partial charge >= 0.3 is 6.03 Å². The van der Waals surface area contributed by atoms with Crippen LogP contribution in [0.25, 0.3) is 0 Å². The minimum Gasteiger partial charge on any atom is -0.479 e. The minimum absolute atomic E-state index is 0.262. The Bertz CT molecular complexity index is 463. The molecule has 1 aromatic rings. The smallest absolute Gasteiger partial charge is 0.315 e. The zero-order valence-corrected chi connectivity index (χ0v) is 11.7. The first-order valence-corrected chi connectivity index (χ1v) is 6.24. The maximum atomic E-state index is 11.2. The molecular formula is C14H19N3O3. The van der Waals surface area contributed by atoms with E-state index in [0.717, 1.165) is 5.69 Å². The number of carbonyl (C=O) groups excluding carboxylic acids is 1. The number of pyridine rings is 1. The Morgan fingerprint density at radius 3 is 2.90 bits per heavy atom. The standard InChI is InChI=1S/C14H19N3O3/c1-12-5-6-13(11-17-12)20-9-4-3-7-15-14(18)16-8-10-19-2/h5-6,11H,7-10H2,1-2H3,(H2,15,16,18). The molecule has 0 atom stereocenters. The molecule has 20 heavy (non-hydrogen) atoms. The van der Waals surface area contributed by atoms with Gasteiger partial charge in [0, 0.05) is 19.3 Å². The van der Waals surface area contributed by atoms with Crippen LogP contribution in [0, 0.1) is 18.8 Å². The van der Waals surface area contributed by atoms with Crippen molar-refractivity contribution in [2.24, 2.45) is 0 Å². The summed E-state index contributed by atoms with van der Waals surface area (Å²) in [6.45, 7) is 3.40. The minimum atomic E-state index is -0.264. The number of carbonyl (C=O) groups is 1. The van der Waals surface area contributed by atoms with Crippen molar-refractivity contribution in [3.63, 3.8) is 0 Å². The fourth-order valence-corrected chi connectivity index (χ4v) is 1.23. The van der Waals surface area contributed by atoms with E-state index in [1.165, 1.54) is 0 Å². The van der Waals surface area contributed by atoms with Crippen LogP contribution in [0.2, 0.25) is 0 Å². The molecule has 0 aliphatic heterocycles. The number of aryl methyl sites for hydroxylation is 1.